The SMILES string of the molecule is O=C1CC(c2ccccc2)(c2ccccc2O)C1. The molecule has 0 radical (unpaired) electrons. The van der Waals surface area contributed by atoms with E-state index in [0.717, 1.165) is 11.1 Å². The van der Waals surface area contributed by atoms with Crippen molar-refractivity contribution >= 4 is 5.78 Å². The Morgan fingerprint density at radius 3 is 2.11 bits per heavy atom. The summed E-state index contributed by atoms with van der Waals surface area (Å²) in [7, 11) is 0. The van der Waals surface area contributed by atoms with Gasteiger partial charge in [-0.25, -0.2) is 0 Å². The normalized spacial score (nSPS) is 17.2. The molecule has 0 heterocycles. The molecular formula is C16H14O2. The fourth-order valence-corrected chi connectivity index (χ4v) is 2.81. The first-order valence-corrected chi connectivity index (χ1v) is 6.08. The second-order valence-corrected chi connectivity index (χ2v) is 4.86. The molecule has 0 bridgehead atoms. The highest BCUT2D eigenvalue weighted by molar-refractivity contribution is 5.90. The molecular weight excluding hydrogens is 224 g/mol. The van der Waals surface area contributed by atoms with E-state index < -0.39 is 0 Å². The summed E-state index contributed by atoms with van der Waals surface area (Å²) in [6.45, 7) is 0. The third-order valence-electron chi connectivity index (χ3n) is 3.74. The van der Waals surface area contributed by atoms with Gasteiger partial charge in [0.2, 0.25) is 0 Å². The maximum atomic E-state index is 11.5. The Balaban J connectivity index is 2.15. The Bertz CT molecular complexity index is 579. The van der Waals surface area contributed by atoms with Crippen LogP contribution in [-0.2, 0) is 10.2 Å². The fraction of sp³-hybridized carbons (Fsp3) is 0.188. The predicted molar refractivity (Wildman–Crippen MR) is 69.6 cm³/mol. The smallest absolute Gasteiger partial charge is 0.135 e. The minimum Gasteiger partial charge on any atom is -0.508 e. The van der Waals surface area contributed by atoms with Gasteiger partial charge >= 0.3 is 0 Å². The Hall–Kier alpha value is -2.09. The summed E-state index contributed by atoms with van der Waals surface area (Å²) in [5.74, 6) is 0.524. The lowest BCUT2D eigenvalue weighted by Gasteiger charge is -2.41. The number of benzene rings is 2. The average Bonchev–Trinajstić information content (AvgIpc) is 2.37. The summed E-state index contributed by atoms with van der Waals surface area (Å²) in [4.78, 5) is 11.5. The van der Waals surface area contributed by atoms with Crippen LogP contribution in [-0.4, -0.2) is 10.9 Å². The third-order valence-corrected chi connectivity index (χ3v) is 3.74. The van der Waals surface area contributed by atoms with Crippen molar-refractivity contribution in [3.05, 3.63) is 65.7 Å². The van der Waals surface area contributed by atoms with Crippen molar-refractivity contribution < 1.29 is 9.90 Å². The summed E-state index contributed by atoms with van der Waals surface area (Å²) in [5.41, 5.74) is 1.63. The van der Waals surface area contributed by atoms with Crippen molar-refractivity contribution in [2.45, 2.75) is 18.3 Å². The number of carbonyl (C=O) groups is 1. The van der Waals surface area contributed by atoms with Gasteiger partial charge < -0.3 is 5.11 Å². The molecule has 1 aliphatic carbocycles. The molecule has 0 amide bonds. The molecule has 3 rings (SSSR count). The van der Waals surface area contributed by atoms with Gasteiger partial charge in [0.25, 0.3) is 0 Å². The number of phenols is 1. The Labute approximate surface area is 106 Å². The van der Waals surface area contributed by atoms with Crippen LogP contribution >= 0.6 is 0 Å². The number of phenolic OH excluding ortho intramolecular Hbond substituents is 1. The standard InChI is InChI=1S/C16H14O2/c17-13-10-16(11-13,12-6-2-1-3-7-12)14-8-4-5-9-15(14)18/h1-9,18H,10-11H2. The van der Waals surface area contributed by atoms with E-state index in [2.05, 4.69) is 0 Å². The highest BCUT2D eigenvalue weighted by atomic mass is 16.3. The van der Waals surface area contributed by atoms with Crippen LogP contribution in [0, 0.1) is 0 Å². The van der Waals surface area contributed by atoms with Gasteiger partial charge in [0.05, 0.1) is 0 Å². The molecule has 2 heteroatoms. The van der Waals surface area contributed by atoms with Crippen molar-refractivity contribution in [3.63, 3.8) is 0 Å². The van der Waals surface area contributed by atoms with E-state index in [0.29, 0.717) is 12.8 Å². The molecule has 2 aromatic rings. The van der Waals surface area contributed by atoms with Gasteiger partial charge in [-0.1, -0.05) is 48.5 Å². The van der Waals surface area contributed by atoms with Gasteiger partial charge in [0, 0.05) is 23.8 Å². The molecule has 2 aromatic carbocycles. The Morgan fingerprint density at radius 1 is 0.889 bits per heavy atom. The third kappa shape index (κ3) is 1.53. The van der Waals surface area contributed by atoms with E-state index in [4.69, 9.17) is 0 Å². The second kappa shape index (κ2) is 3.98. The zero-order chi connectivity index (χ0) is 12.6. The zero-order valence-electron chi connectivity index (χ0n) is 9.97. The number of carbonyl (C=O) groups excluding carboxylic acids is 1. The lowest BCUT2D eigenvalue weighted by Crippen LogP contribution is -2.42. The molecule has 90 valence electrons. The monoisotopic (exact) mass is 238 g/mol. The molecule has 0 spiro atoms. The number of hydrogen-bond acceptors (Lipinski definition) is 2. The fourth-order valence-electron chi connectivity index (χ4n) is 2.81. The van der Waals surface area contributed by atoms with Crippen LogP contribution in [0.3, 0.4) is 0 Å². The summed E-state index contributed by atoms with van der Waals surface area (Å²) in [6, 6.07) is 17.3. The summed E-state index contributed by atoms with van der Waals surface area (Å²) < 4.78 is 0. The van der Waals surface area contributed by atoms with E-state index in [1.165, 1.54) is 0 Å². The van der Waals surface area contributed by atoms with Crippen LogP contribution in [0.15, 0.2) is 54.6 Å². The summed E-state index contributed by atoms with van der Waals surface area (Å²) in [5, 5.41) is 10.0. The van der Waals surface area contributed by atoms with Crippen LogP contribution in [0.5, 0.6) is 5.75 Å². The molecule has 0 aromatic heterocycles. The Kier molecular flexibility index (Phi) is 2.44. The van der Waals surface area contributed by atoms with E-state index in [1.54, 1.807) is 12.1 Å². The van der Waals surface area contributed by atoms with Crippen LogP contribution in [0.4, 0.5) is 0 Å². The molecule has 2 nitrogen and oxygen atoms in total. The second-order valence-electron chi connectivity index (χ2n) is 4.86. The molecule has 0 atom stereocenters. The number of rotatable bonds is 2. The number of aromatic hydroxyl groups is 1. The number of Topliss-reactive ketones (excluding diaryl/α,β-unsaturated/α-hetero) is 1. The maximum Gasteiger partial charge on any atom is 0.135 e. The molecule has 0 unspecified atom stereocenters. The van der Waals surface area contributed by atoms with Gasteiger partial charge in [0.15, 0.2) is 0 Å². The van der Waals surface area contributed by atoms with E-state index >= 15 is 0 Å². The van der Waals surface area contributed by atoms with Crippen LogP contribution in [0.2, 0.25) is 0 Å². The quantitative estimate of drug-likeness (QED) is 0.873. The molecule has 1 saturated carbocycles. The maximum absolute atomic E-state index is 11.5. The van der Waals surface area contributed by atoms with Crippen LogP contribution in [0.25, 0.3) is 0 Å². The minimum absolute atomic E-state index is 0.252. The van der Waals surface area contributed by atoms with E-state index in [9.17, 15) is 9.90 Å². The number of ketones is 1. The first-order chi connectivity index (χ1) is 8.72. The zero-order valence-corrected chi connectivity index (χ0v) is 9.97. The van der Waals surface area contributed by atoms with Gasteiger partial charge in [-0.3, -0.25) is 4.79 Å². The first kappa shape index (κ1) is 11.0. The molecule has 18 heavy (non-hydrogen) atoms. The lowest BCUT2D eigenvalue weighted by atomic mass is 9.59. The van der Waals surface area contributed by atoms with Crippen molar-refractivity contribution in [3.8, 4) is 5.75 Å². The number of para-hydroxylation sites is 1. The molecule has 0 saturated heterocycles. The van der Waals surface area contributed by atoms with E-state index in [1.807, 2.05) is 42.5 Å². The average molecular weight is 238 g/mol. The van der Waals surface area contributed by atoms with Crippen LogP contribution < -0.4 is 0 Å². The van der Waals surface area contributed by atoms with E-state index in [-0.39, 0.29) is 16.9 Å². The highest BCUT2D eigenvalue weighted by Crippen LogP contribution is 2.49. The number of hydrogen-bond donors (Lipinski definition) is 1. The lowest BCUT2D eigenvalue weighted by molar-refractivity contribution is -0.127. The van der Waals surface area contributed by atoms with Crippen LogP contribution in [0.1, 0.15) is 24.0 Å². The summed E-state index contributed by atoms with van der Waals surface area (Å²) >= 11 is 0. The van der Waals surface area contributed by atoms with Gasteiger partial charge in [0.1, 0.15) is 11.5 Å². The van der Waals surface area contributed by atoms with Crippen molar-refractivity contribution in [2.75, 3.05) is 0 Å². The van der Waals surface area contributed by atoms with Crippen molar-refractivity contribution in [2.24, 2.45) is 0 Å². The Morgan fingerprint density at radius 2 is 1.50 bits per heavy atom. The topological polar surface area (TPSA) is 37.3 Å². The van der Waals surface area contributed by atoms with Gasteiger partial charge in [-0.05, 0) is 11.6 Å². The summed E-state index contributed by atoms with van der Waals surface area (Å²) in [6.07, 6.45) is 0.961. The van der Waals surface area contributed by atoms with Gasteiger partial charge in [-0.2, -0.15) is 0 Å². The molecule has 1 N–H and O–H groups in total. The van der Waals surface area contributed by atoms with Crippen molar-refractivity contribution in [1.29, 1.82) is 0 Å². The molecule has 1 aliphatic rings. The minimum atomic E-state index is -0.330. The first-order valence-electron chi connectivity index (χ1n) is 6.08. The van der Waals surface area contributed by atoms with Crippen molar-refractivity contribution in [1.82, 2.24) is 0 Å². The highest BCUT2D eigenvalue weighted by Gasteiger charge is 2.47. The predicted octanol–water partition coefficient (Wildman–Crippen LogP) is 3.04. The molecule has 1 fully saturated rings. The molecule has 0 aliphatic heterocycles. The largest absolute Gasteiger partial charge is 0.508 e. The van der Waals surface area contributed by atoms with Gasteiger partial charge in [-0.15, -0.1) is 0 Å².